The van der Waals surface area contributed by atoms with Crippen LogP contribution < -0.4 is 5.32 Å². The van der Waals surface area contributed by atoms with Crippen LogP contribution in [0.4, 0.5) is 0 Å². The zero-order chi connectivity index (χ0) is 52.2. The van der Waals surface area contributed by atoms with Crippen molar-refractivity contribution in [2.45, 2.75) is 346 Å². The summed E-state index contributed by atoms with van der Waals surface area (Å²) < 4.78 is 11.2. The highest BCUT2D eigenvalue weighted by atomic mass is 16.7. The minimum absolute atomic E-state index is 0.189. The maximum Gasteiger partial charge on any atom is 0.220 e. The number of rotatable bonds is 54. The van der Waals surface area contributed by atoms with Gasteiger partial charge in [-0.1, -0.05) is 294 Å². The van der Waals surface area contributed by atoms with Gasteiger partial charge in [0.15, 0.2) is 6.29 Å². The lowest BCUT2D eigenvalue weighted by Crippen LogP contribution is -2.60. The molecule has 1 fully saturated rings. The van der Waals surface area contributed by atoms with Gasteiger partial charge in [-0.25, -0.2) is 0 Å². The average molecular weight is 1020 g/mol. The van der Waals surface area contributed by atoms with Crippen molar-refractivity contribution in [2.75, 3.05) is 13.2 Å². The fourth-order valence-corrected chi connectivity index (χ4v) is 10.1. The summed E-state index contributed by atoms with van der Waals surface area (Å²) in [5.74, 6) is -0.189. The lowest BCUT2D eigenvalue weighted by Gasteiger charge is -2.40. The molecule has 0 spiro atoms. The van der Waals surface area contributed by atoms with Gasteiger partial charge in [0.25, 0.3) is 0 Å². The Morgan fingerprint density at radius 1 is 0.486 bits per heavy atom. The molecule has 1 heterocycles. The quantitative estimate of drug-likeness (QED) is 0.0261. The summed E-state index contributed by atoms with van der Waals surface area (Å²) >= 11 is 0. The minimum atomic E-state index is -1.57. The number of carbonyl (C=O) groups excluding carboxylic acids is 1. The Hall–Kier alpha value is -1.59. The molecule has 424 valence electrons. The molecule has 0 aromatic carbocycles. The van der Waals surface area contributed by atoms with Crippen molar-refractivity contribution in [1.29, 1.82) is 0 Å². The molecular formula is C63H119NO8. The van der Waals surface area contributed by atoms with Crippen molar-refractivity contribution in [3.63, 3.8) is 0 Å². The van der Waals surface area contributed by atoms with E-state index in [9.17, 15) is 30.3 Å². The van der Waals surface area contributed by atoms with E-state index in [1.54, 1.807) is 6.08 Å². The van der Waals surface area contributed by atoms with E-state index < -0.39 is 49.5 Å². The van der Waals surface area contributed by atoms with Crippen molar-refractivity contribution < 1.29 is 39.8 Å². The second-order valence-corrected chi connectivity index (χ2v) is 21.9. The lowest BCUT2D eigenvalue weighted by atomic mass is 9.99. The fraction of sp³-hybridized carbons (Fsp3) is 0.889. The van der Waals surface area contributed by atoms with Gasteiger partial charge in [-0.05, 0) is 39.0 Å². The molecule has 1 aliphatic heterocycles. The zero-order valence-electron chi connectivity index (χ0n) is 47.2. The van der Waals surface area contributed by atoms with Crippen LogP contribution in [0, 0.1) is 0 Å². The third-order valence-electron chi connectivity index (χ3n) is 15.0. The van der Waals surface area contributed by atoms with Crippen LogP contribution in [0.1, 0.15) is 303 Å². The van der Waals surface area contributed by atoms with Gasteiger partial charge in [0.1, 0.15) is 24.4 Å². The standard InChI is InChI=1S/C63H119NO8/c1-3-5-7-9-11-13-14-15-16-17-18-19-20-21-22-23-24-25-26-27-28-29-30-31-32-33-34-35-36-37-38-39-40-41-42-43-45-47-49-51-53-59(67)64-56(57(66)52-50-48-46-44-12-10-8-6-4-2)55-71-63-62(70)61(69)60(68)58(54-65)72-63/h4,6,12,44,50,52,56-58,60-63,65-66,68-70H,3,5,7-11,13-43,45-49,51,53-55H2,1-2H3,(H,64,67)/b6-4+,44-12+,52-50+. The van der Waals surface area contributed by atoms with Crippen LogP contribution in [0.3, 0.4) is 0 Å². The summed E-state index contributed by atoms with van der Waals surface area (Å²) in [7, 11) is 0. The van der Waals surface area contributed by atoms with Crippen molar-refractivity contribution in [3.05, 3.63) is 36.5 Å². The van der Waals surface area contributed by atoms with E-state index in [4.69, 9.17) is 9.47 Å². The molecule has 9 heteroatoms. The van der Waals surface area contributed by atoms with E-state index in [2.05, 4.69) is 30.5 Å². The molecule has 1 rings (SSSR count). The molecule has 72 heavy (non-hydrogen) atoms. The largest absolute Gasteiger partial charge is 0.394 e. The highest BCUT2D eigenvalue weighted by Crippen LogP contribution is 2.23. The zero-order valence-corrected chi connectivity index (χ0v) is 47.2. The summed E-state index contributed by atoms with van der Waals surface area (Å²) in [6.07, 6.45) is 63.1. The summed E-state index contributed by atoms with van der Waals surface area (Å²) in [4.78, 5) is 13.0. The number of aliphatic hydroxyl groups is 5. The third-order valence-corrected chi connectivity index (χ3v) is 15.0. The molecule has 7 unspecified atom stereocenters. The van der Waals surface area contributed by atoms with E-state index in [1.165, 1.54) is 238 Å². The maximum atomic E-state index is 13.0. The van der Waals surface area contributed by atoms with E-state index >= 15 is 0 Å². The smallest absolute Gasteiger partial charge is 0.220 e. The van der Waals surface area contributed by atoms with Gasteiger partial charge < -0.3 is 40.3 Å². The number of hydrogen-bond donors (Lipinski definition) is 6. The molecule has 0 aliphatic carbocycles. The number of unbranched alkanes of at least 4 members (excludes halogenated alkanes) is 41. The lowest BCUT2D eigenvalue weighted by molar-refractivity contribution is -0.302. The molecule has 0 saturated carbocycles. The van der Waals surface area contributed by atoms with Crippen molar-refractivity contribution in [2.24, 2.45) is 0 Å². The second-order valence-electron chi connectivity index (χ2n) is 21.9. The first-order valence-electron chi connectivity index (χ1n) is 31.2. The van der Waals surface area contributed by atoms with E-state index in [0.29, 0.717) is 6.42 Å². The molecule has 0 radical (unpaired) electrons. The van der Waals surface area contributed by atoms with Gasteiger partial charge in [-0.15, -0.1) is 0 Å². The summed E-state index contributed by atoms with van der Waals surface area (Å²) in [6, 6.07) is -0.824. The Morgan fingerprint density at radius 3 is 1.17 bits per heavy atom. The molecule has 7 atom stereocenters. The average Bonchev–Trinajstić information content (AvgIpc) is 3.38. The highest BCUT2D eigenvalue weighted by Gasteiger charge is 2.44. The van der Waals surface area contributed by atoms with Crippen molar-refractivity contribution >= 4 is 5.91 Å². The van der Waals surface area contributed by atoms with E-state index in [0.717, 1.165) is 44.9 Å². The van der Waals surface area contributed by atoms with E-state index in [1.807, 2.05) is 19.1 Å². The van der Waals surface area contributed by atoms with Crippen LogP contribution in [-0.4, -0.2) is 87.5 Å². The number of amides is 1. The first kappa shape index (κ1) is 68.4. The topological polar surface area (TPSA) is 149 Å². The number of carbonyl (C=O) groups is 1. The van der Waals surface area contributed by atoms with Crippen LogP contribution in [-0.2, 0) is 14.3 Å². The molecular weight excluding hydrogens is 899 g/mol. The first-order valence-corrected chi connectivity index (χ1v) is 31.2. The molecule has 0 aromatic rings. The van der Waals surface area contributed by atoms with Gasteiger partial charge in [-0.3, -0.25) is 4.79 Å². The molecule has 1 amide bonds. The molecule has 0 bridgehead atoms. The second kappa shape index (κ2) is 52.8. The Bertz CT molecular complexity index is 1230. The van der Waals surface area contributed by atoms with Gasteiger partial charge in [0.05, 0.1) is 25.4 Å². The van der Waals surface area contributed by atoms with Crippen LogP contribution in [0.25, 0.3) is 0 Å². The number of aliphatic hydroxyl groups excluding tert-OH is 5. The Kier molecular flexibility index (Phi) is 50.2. The minimum Gasteiger partial charge on any atom is -0.394 e. The third kappa shape index (κ3) is 41.6. The number of allylic oxidation sites excluding steroid dienone is 5. The van der Waals surface area contributed by atoms with Gasteiger partial charge in [0.2, 0.25) is 5.91 Å². The monoisotopic (exact) mass is 1020 g/mol. The Labute approximate surface area is 444 Å². The molecule has 1 saturated heterocycles. The molecule has 6 N–H and O–H groups in total. The van der Waals surface area contributed by atoms with Gasteiger partial charge in [0, 0.05) is 6.42 Å². The van der Waals surface area contributed by atoms with Crippen LogP contribution in [0.2, 0.25) is 0 Å². The molecule has 0 aromatic heterocycles. The summed E-state index contributed by atoms with van der Waals surface area (Å²) in [5, 5.41) is 54.2. The van der Waals surface area contributed by atoms with Crippen LogP contribution in [0.15, 0.2) is 36.5 Å². The predicted octanol–water partition coefficient (Wildman–Crippen LogP) is 15.9. The SMILES string of the molecule is C/C=C/CC/C=C/CC/C=C/C(O)C(COC1OC(CO)C(O)C(O)C1O)NC(=O)CCCCCCCCCCCCCCCCCCCCCCCCCCCCCCCCCCCCCCCCCC. The fourth-order valence-electron chi connectivity index (χ4n) is 10.1. The number of hydrogen-bond acceptors (Lipinski definition) is 8. The Morgan fingerprint density at radius 2 is 0.819 bits per heavy atom. The van der Waals surface area contributed by atoms with Gasteiger partial charge >= 0.3 is 0 Å². The predicted molar refractivity (Wildman–Crippen MR) is 304 cm³/mol. The summed E-state index contributed by atoms with van der Waals surface area (Å²) in [5.41, 5.74) is 0. The molecule has 9 nitrogen and oxygen atoms in total. The first-order chi connectivity index (χ1) is 35.3. The van der Waals surface area contributed by atoms with Crippen LogP contribution >= 0.6 is 0 Å². The van der Waals surface area contributed by atoms with Crippen molar-refractivity contribution in [3.8, 4) is 0 Å². The number of ether oxygens (including phenoxy) is 2. The summed E-state index contributed by atoms with van der Waals surface area (Å²) in [6.45, 7) is 3.54. The maximum absolute atomic E-state index is 13.0. The Balaban J connectivity index is 1.96. The highest BCUT2D eigenvalue weighted by molar-refractivity contribution is 5.76. The normalized spacial score (nSPS) is 19.3. The number of nitrogens with one attached hydrogen (secondary N) is 1. The van der Waals surface area contributed by atoms with Crippen molar-refractivity contribution in [1.82, 2.24) is 5.32 Å². The molecule has 1 aliphatic rings. The van der Waals surface area contributed by atoms with E-state index in [-0.39, 0.29) is 12.5 Å². The van der Waals surface area contributed by atoms with Gasteiger partial charge in [-0.2, -0.15) is 0 Å². The van der Waals surface area contributed by atoms with Crippen LogP contribution in [0.5, 0.6) is 0 Å².